The molecule has 0 saturated heterocycles. The minimum Gasteiger partial charge on any atom is -0.467 e. The third-order valence-electron chi connectivity index (χ3n) is 5.71. The number of amides is 1. The number of carbonyl (C=O) groups is 2. The Morgan fingerprint density at radius 1 is 1.24 bits per heavy atom. The van der Waals surface area contributed by atoms with Crippen molar-refractivity contribution >= 4 is 11.9 Å². The van der Waals surface area contributed by atoms with Crippen LogP contribution in [0, 0.1) is 23.2 Å². The number of methoxy groups -OCH3 is 1. The van der Waals surface area contributed by atoms with Gasteiger partial charge in [-0.1, -0.05) is 6.08 Å². The summed E-state index contributed by atoms with van der Waals surface area (Å²) in [6.45, 7) is 3.66. The van der Waals surface area contributed by atoms with Crippen LogP contribution in [0.4, 0.5) is 0 Å². The molecule has 4 fully saturated rings. The molecule has 4 aliphatic carbocycles. The maximum Gasteiger partial charge on any atom is 0.328 e. The fourth-order valence-electron chi connectivity index (χ4n) is 5.22. The second-order valence-electron chi connectivity index (χ2n) is 7.27. The molecule has 0 aliphatic heterocycles. The summed E-state index contributed by atoms with van der Waals surface area (Å²) >= 11 is 0. The van der Waals surface area contributed by atoms with Gasteiger partial charge in [0, 0.05) is 5.41 Å². The summed E-state index contributed by atoms with van der Waals surface area (Å²) in [7, 11) is 1.36. The average Bonchev–Trinajstić information content (AvgIpc) is 2.44. The van der Waals surface area contributed by atoms with Gasteiger partial charge in [0.15, 0.2) is 0 Å². The number of esters is 1. The minimum atomic E-state index is -0.590. The highest BCUT2D eigenvalue weighted by molar-refractivity contribution is 5.88. The van der Waals surface area contributed by atoms with E-state index in [4.69, 9.17) is 4.74 Å². The SMILES string of the molecule is C=CC[C@@H](NC(=O)C12CC3CC(CC(C3)C1)C2)C(=O)OC. The second-order valence-corrected chi connectivity index (χ2v) is 7.27. The molecular weight excluding hydrogens is 266 g/mol. The molecule has 116 valence electrons. The van der Waals surface area contributed by atoms with E-state index < -0.39 is 6.04 Å². The van der Waals surface area contributed by atoms with Crippen molar-refractivity contribution < 1.29 is 14.3 Å². The van der Waals surface area contributed by atoms with Crippen molar-refractivity contribution in [1.82, 2.24) is 5.32 Å². The molecule has 4 bridgehead atoms. The third kappa shape index (κ3) is 2.60. The summed E-state index contributed by atoms with van der Waals surface area (Å²) in [6.07, 6.45) is 9.01. The Bertz CT molecular complexity index is 422. The zero-order valence-corrected chi connectivity index (χ0v) is 12.8. The van der Waals surface area contributed by atoms with Crippen molar-refractivity contribution in [2.45, 2.75) is 51.0 Å². The van der Waals surface area contributed by atoms with Crippen LogP contribution in [0.3, 0.4) is 0 Å². The van der Waals surface area contributed by atoms with Crippen LogP contribution in [0.5, 0.6) is 0 Å². The Morgan fingerprint density at radius 3 is 2.19 bits per heavy atom. The van der Waals surface area contributed by atoms with Gasteiger partial charge in [0.25, 0.3) is 0 Å². The first-order valence-corrected chi connectivity index (χ1v) is 8.06. The largest absolute Gasteiger partial charge is 0.467 e. The molecule has 0 spiro atoms. The number of ether oxygens (including phenoxy) is 1. The summed E-state index contributed by atoms with van der Waals surface area (Å²) in [4.78, 5) is 24.6. The van der Waals surface area contributed by atoms with E-state index in [-0.39, 0.29) is 17.3 Å². The lowest BCUT2D eigenvalue weighted by atomic mass is 9.49. The highest BCUT2D eigenvalue weighted by atomic mass is 16.5. The van der Waals surface area contributed by atoms with Crippen LogP contribution in [0.25, 0.3) is 0 Å². The normalized spacial score (nSPS) is 37.9. The Hall–Kier alpha value is -1.32. The van der Waals surface area contributed by atoms with E-state index in [0.717, 1.165) is 37.0 Å². The van der Waals surface area contributed by atoms with E-state index in [0.29, 0.717) is 6.42 Å². The lowest BCUT2D eigenvalue weighted by molar-refractivity contribution is -0.152. The lowest BCUT2D eigenvalue weighted by Crippen LogP contribution is -2.56. The summed E-state index contributed by atoms with van der Waals surface area (Å²) in [5.41, 5.74) is -0.220. The second kappa shape index (κ2) is 5.47. The van der Waals surface area contributed by atoms with E-state index in [2.05, 4.69) is 11.9 Å². The fraction of sp³-hybridized carbons (Fsp3) is 0.765. The van der Waals surface area contributed by atoms with Gasteiger partial charge in [-0.3, -0.25) is 4.79 Å². The standard InChI is InChI=1S/C17H25NO3/c1-3-4-14(15(19)21-2)18-16(20)17-8-11-5-12(9-17)7-13(6-11)10-17/h3,11-14H,1,4-10H2,2H3,(H,18,20)/t11?,12?,13?,14-,17?/m1/s1. The van der Waals surface area contributed by atoms with Crippen molar-refractivity contribution in [3.05, 3.63) is 12.7 Å². The molecule has 1 N–H and O–H groups in total. The van der Waals surface area contributed by atoms with Gasteiger partial charge in [0.1, 0.15) is 6.04 Å². The van der Waals surface area contributed by atoms with Crippen LogP contribution in [0.15, 0.2) is 12.7 Å². The van der Waals surface area contributed by atoms with E-state index in [1.165, 1.54) is 26.4 Å². The highest BCUT2D eigenvalue weighted by Gasteiger charge is 2.54. The fourth-order valence-corrected chi connectivity index (χ4v) is 5.22. The zero-order chi connectivity index (χ0) is 15.0. The molecule has 0 aromatic carbocycles. The highest BCUT2D eigenvalue weighted by Crippen LogP contribution is 2.60. The van der Waals surface area contributed by atoms with E-state index in [1.807, 2.05) is 0 Å². The maximum atomic E-state index is 12.8. The van der Waals surface area contributed by atoms with E-state index >= 15 is 0 Å². The van der Waals surface area contributed by atoms with Gasteiger partial charge in [-0.2, -0.15) is 0 Å². The maximum absolute atomic E-state index is 12.8. The summed E-state index contributed by atoms with van der Waals surface area (Å²) in [6, 6.07) is -0.590. The molecular formula is C17H25NO3. The van der Waals surface area contributed by atoms with Gasteiger partial charge in [-0.05, 0) is 62.7 Å². The molecule has 4 rings (SSSR count). The predicted molar refractivity (Wildman–Crippen MR) is 79.4 cm³/mol. The first-order chi connectivity index (χ1) is 10.1. The Morgan fingerprint density at radius 2 is 1.76 bits per heavy atom. The molecule has 0 radical (unpaired) electrons. The molecule has 0 heterocycles. The molecule has 21 heavy (non-hydrogen) atoms. The summed E-state index contributed by atoms with van der Waals surface area (Å²) in [5, 5.41) is 2.94. The molecule has 0 unspecified atom stereocenters. The van der Waals surface area contributed by atoms with Crippen LogP contribution < -0.4 is 5.32 Å². The number of carbonyl (C=O) groups excluding carboxylic acids is 2. The zero-order valence-electron chi connectivity index (χ0n) is 12.8. The van der Waals surface area contributed by atoms with Crippen molar-refractivity contribution in [3.63, 3.8) is 0 Å². The van der Waals surface area contributed by atoms with Gasteiger partial charge in [-0.25, -0.2) is 4.79 Å². The summed E-state index contributed by atoms with van der Waals surface area (Å²) < 4.78 is 4.78. The average molecular weight is 291 g/mol. The van der Waals surface area contributed by atoms with Crippen LogP contribution >= 0.6 is 0 Å². The monoisotopic (exact) mass is 291 g/mol. The van der Waals surface area contributed by atoms with Crippen molar-refractivity contribution in [2.75, 3.05) is 7.11 Å². The van der Waals surface area contributed by atoms with Gasteiger partial charge < -0.3 is 10.1 Å². The van der Waals surface area contributed by atoms with Crippen LogP contribution in [0.2, 0.25) is 0 Å². The molecule has 4 aliphatic rings. The number of nitrogens with one attached hydrogen (secondary N) is 1. The first kappa shape index (κ1) is 14.6. The van der Waals surface area contributed by atoms with Crippen LogP contribution in [0.1, 0.15) is 44.9 Å². The molecule has 0 aromatic rings. The molecule has 0 aromatic heterocycles. The van der Waals surface area contributed by atoms with Crippen molar-refractivity contribution in [3.8, 4) is 0 Å². The van der Waals surface area contributed by atoms with Crippen LogP contribution in [-0.4, -0.2) is 25.0 Å². The molecule has 1 atom stereocenters. The van der Waals surface area contributed by atoms with Crippen molar-refractivity contribution in [1.29, 1.82) is 0 Å². The number of hydrogen-bond donors (Lipinski definition) is 1. The van der Waals surface area contributed by atoms with Gasteiger partial charge in [-0.15, -0.1) is 6.58 Å². The predicted octanol–water partition coefficient (Wildman–Crippen LogP) is 2.44. The first-order valence-electron chi connectivity index (χ1n) is 8.06. The van der Waals surface area contributed by atoms with Gasteiger partial charge in [0.05, 0.1) is 7.11 Å². The molecule has 4 heteroatoms. The van der Waals surface area contributed by atoms with E-state index in [1.54, 1.807) is 6.08 Å². The Labute approximate surface area is 126 Å². The quantitative estimate of drug-likeness (QED) is 0.625. The molecule has 4 saturated carbocycles. The van der Waals surface area contributed by atoms with Crippen LogP contribution in [-0.2, 0) is 14.3 Å². The van der Waals surface area contributed by atoms with Gasteiger partial charge >= 0.3 is 5.97 Å². The number of rotatable bonds is 5. The Kier molecular flexibility index (Phi) is 3.80. The molecule has 4 nitrogen and oxygen atoms in total. The molecule has 1 amide bonds. The Balaban J connectivity index is 1.72. The van der Waals surface area contributed by atoms with E-state index in [9.17, 15) is 9.59 Å². The summed E-state index contributed by atoms with van der Waals surface area (Å²) in [5.74, 6) is 1.85. The number of hydrogen-bond acceptors (Lipinski definition) is 3. The topological polar surface area (TPSA) is 55.4 Å². The lowest BCUT2D eigenvalue weighted by Gasteiger charge is -2.55. The third-order valence-corrected chi connectivity index (χ3v) is 5.71. The van der Waals surface area contributed by atoms with Crippen molar-refractivity contribution in [2.24, 2.45) is 23.2 Å². The minimum absolute atomic E-state index is 0.0684. The van der Waals surface area contributed by atoms with Gasteiger partial charge in [0.2, 0.25) is 5.91 Å². The smallest absolute Gasteiger partial charge is 0.328 e.